The van der Waals surface area contributed by atoms with Crippen molar-refractivity contribution in [3.8, 4) is 5.75 Å². The van der Waals surface area contributed by atoms with Crippen LogP contribution in [0.5, 0.6) is 5.75 Å². The molecule has 1 atom stereocenters. The molecule has 0 bridgehead atoms. The van der Waals surface area contributed by atoms with Crippen molar-refractivity contribution in [1.82, 2.24) is 5.32 Å². The Balaban J connectivity index is 1.61. The summed E-state index contributed by atoms with van der Waals surface area (Å²) in [6, 6.07) is 13.0. The maximum atomic E-state index is 12.3. The van der Waals surface area contributed by atoms with Crippen molar-refractivity contribution < 1.29 is 14.3 Å². The van der Waals surface area contributed by atoms with Crippen LogP contribution in [-0.2, 0) is 4.79 Å². The van der Waals surface area contributed by atoms with Crippen molar-refractivity contribution >= 4 is 17.7 Å². The molecular weight excluding hydrogens is 324 g/mol. The third-order valence-electron chi connectivity index (χ3n) is 4.02. The molecule has 1 aromatic heterocycles. The molecule has 3 rings (SSSR count). The quantitative estimate of drug-likeness (QED) is 0.476. The van der Waals surface area contributed by atoms with E-state index in [0.717, 1.165) is 28.9 Å². The molecule has 1 aromatic carbocycles. The van der Waals surface area contributed by atoms with Crippen molar-refractivity contribution in [3.63, 3.8) is 0 Å². The highest BCUT2D eigenvalue weighted by Gasteiger charge is 2.33. The normalized spacial score (nSPS) is 14.9. The lowest BCUT2D eigenvalue weighted by atomic mass is 10.0. The van der Waals surface area contributed by atoms with Gasteiger partial charge in [-0.2, -0.15) is 4.73 Å². The summed E-state index contributed by atoms with van der Waals surface area (Å²) in [5, 5.41) is 15.2. The smallest absolute Gasteiger partial charge is 0.251 e. The topological polar surface area (TPSA) is 65.3 Å². The number of nitrogens with zero attached hydrogens (tertiary/aromatic N) is 1. The summed E-state index contributed by atoms with van der Waals surface area (Å²) in [7, 11) is 1.64. The monoisotopic (exact) mass is 344 g/mol. The fourth-order valence-electron chi connectivity index (χ4n) is 2.59. The number of hydrogen-bond donors (Lipinski definition) is 1. The number of amides is 1. The molecule has 1 fully saturated rings. The zero-order valence-corrected chi connectivity index (χ0v) is 14.3. The summed E-state index contributed by atoms with van der Waals surface area (Å²) < 4.78 is 5.96. The Morgan fingerprint density at radius 3 is 2.71 bits per heavy atom. The van der Waals surface area contributed by atoms with E-state index >= 15 is 0 Å². The van der Waals surface area contributed by atoms with E-state index < -0.39 is 0 Å². The highest BCUT2D eigenvalue weighted by molar-refractivity contribution is 7.99. The van der Waals surface area contributed by atoms with Crippen LogP contribution in [0.3, 0.4) is 0 Å². The van der Waals surface area contributed by atoms with E-state index in [0.29, 0.717) is 10.9 Å². The van der Waals surface area contributed by atoms with Gasteiger partial charge in [-0.15, -0.1) is 0 Å². The summed E-state index contributed by atoms with van der Waals surface area (Å²) in [6.07, 6.45) is 3.69. The van der Waals surface area contributed by atoms with E-state index in [1.165, 1.54) is 18.0 Å². The average Bonchev–Trinajstić information content (AvgIpc) is 3.44. The van der Waals surface area contributed by atoms with Gasteiger partial charge in [0, 0.05) is 12.1 Å². The van der Waals surface area contributed by atoms with E-state index in [4.69, 9.17) is 4.74 Å². The predicted octanol–water partition coefficient (Wildman–Crippen LogP) is 2.69. The number of rotatable bonds is 7. The van der Waals surface area contributed by atoms with Gasteiger partial charge >= 0.3 is 0 Å². The number of carbonyl (C=O) groups excluding carboxylic acids is 1. The lowest BCUT2D eigenvalue weighted by molar-refractivity contribution is -0.645. The molecule has 0 saturated heterocycles. The molecule has 5 nitrogen and oxygen atoms in total. The van der Waals surface area contributed by atoms with Crippen LogP contribution in [-0.4, -0.2) is 18.8 Å². The van der Waals surface area contributed by atoms with Crippen LogP contribution in [0.4, 0.5) is 0 Å². The minimum atomic E-state index is -0.0587. The number of nitrogens with one attached hydrogen (secondary N) is 1. The van der Waals surface area contributed by atoms with Crippen LogP contribution in [0, 0.1) is 11.1 Å². The average molecular weight is 344 g/mol. The van der Waals surface area contributed by atoms with Crippen LogP contribution in [0.25, 0.3) is 0 Å². The Morgan fingerprint density at radius 1 is 1.33 bits per heavy atom. The van der Waals surface area contributed by atoms with Crippen molar-refractivity contribution in [2.75, 3.05) is 12.9 Å². The van der Waals surface area contributed by atoms with Gasteiger partial charge in [0.05, 0.1) is 18.9 Å². The molecule has 0 radical (unpaired) electrons. The first-order valence-corrected chi connectivity index (χ1v) is 8.90. The van der Waals surface area contributed by atoms with Gasteiger partial charge in [0.25, 0.3) is 5.03 Å². The Morgan fingerprint density at radius 2 is 2.08 bits per heavy atom. The summed E-state index contributed by atoms with van der Waals surface area (Å²) >= 11 is 1.25. The number of benzene rings is 1. The largest absolute Gasteiger partial charge is 0.618 e. The number of methoxy groups -OCH3 is 1. The van der Waals surface area contributed by atoms with Crippen molar-refractivity contribution in [2.24, 2.45) is 5.92 Å². The van der Waals surface area contributed by atoms with Gasteiger partial charge in [0.15, 0.2) is 6.20 Å². The molecule has 0 spiro atoms. The first-order valence-electron chi connectivity index (χ1n) is 7.91. The zero-order valence-electron chi connectivity index (χ0n) is 13.5. The summed E-state index contributed by atoms with van der Waals surface area (Å²) in [4.78, 5) is 12.3. The van der Waals surface area contributed by atoms with Gasteiger partial charge in [0.2, 0.25) is 5.91 Å². The SMILES string of the molecule is COc1ccc(C(NC(=O)CSc2cccc[n+]2[O-])C2CC2)cc1. The number of carbonyl (C=O) groups is 1. The third kappa shape index (κ3) is 4.20. The number of thioether (sulfide) groups is 1. The molecule has 0 aliphatic heterocycles. The minimum absolute atomic E-state index is 0.0270. The maximum Gasteiger partial charge on any atom is 0.251 e. The number of hydrogen-bond acceptors (Lipinski definition) is 4. The van der Waals surface area contributed by atoms with Crippen LogP contribution >= 0.6 is 11.8 Å². The third-order valence-corrected chi connectivity index (χ3v) is 5.04. The van der Waals surface area contributed by atoms with Gasteiger partial charge in [0.1, 0.15) is 5.75 Å². The molecule has 1 heterocycles. The second kappa shape index (κ2) is 7.57. The Hall–Kier alpha value is -2.21. The van der Waals surface area contributed by atoms with Gasteiger partial charge in [-0.3, -0.25) is 4.79 Å². The lowest BCUT2D eigenvalue weighted by Crippen LogP contribution is -2.32. The number of pyridine rings is 1. The molecule has 1 N–H and O–H groups in total. The molecule has 1 aliphatic carbocycles. The van der Waals surface area contributed by atoms with E-state index in [9.17, 15) is 10.0 Å². The van der Waals surface area contributed by atoms with Crippen molar-refractivity contribution in [1.29, 1.82) is 0 Å². The van der Waals surface area contributed by atoms with Crippen LogP contribution in [0.1, 0.15) is 24.4 Å². The van der Waals surface area contributed by atoms with Crippen LogP contribution in [0.2, 0.25) is 0 Å². The Labute approximate surface area is 145 Å². The molecule has 1 unspecified atom stereocenters. The maximum absolute atomic E-state index is 12.3. The molecule has 2 aromatic rings. The van der Waals surface area contributed by atoms with Crippen LogP contribution in [0.15, 0.2) is 53.7 Å². The van der Waals surface area contributed by atoms with E-state index in [-0.39, 0.29) is 17.7 Å². The summed E-state index contributed by atoms with van der Waals surface area (Å²) in [5.74, 6) is 1.47. The second-order valence-electron chi connectivity index (χ2n) is 5.81. The zero-order chi connectivity index (χ0) is 16.9. The molecular formula is C18H20N2O3S. The van der Waals surface area contributed by atoms with Crippen molar-refractivity contribution in [2.45, 2.75) is 23.9 Å². The van der Waals surface area contributed by atoms with E-state index in [2.05, 4.69) is 5.32 Å². The fraction of sp³-hybridized carbons (Fsp3) is 0.333. The molecule has 24 heavy (non-hydrogen) atoms. The van der Waals surface area contributed by atoms with Crippen LogP contribution < -0.4 is 14.8 Å². The minimum Gasteiger partial charge on any atom is -0.618 e. The highest BCUT2D eigenvalue weighted by atomic mass is 32.2. The predicted molar refractivity (Wildman–Crippen MR) is 92.7 cm³/mol. The first kappa shape index (κ1) is 16.6. The second-order valence-corrected chi connectivity index (χ2v) is 6.80. The summed E-state index contributed by atoms with van der Waals surface area (Å²) in [6.45, 7) is 0. The van der Waals surface area contributed by atoms with Crippen molar-refractivity contribution in [3.05, 3.63) is 59.4 Å². The Kier molecular flexibility index (Phi) is 5.25. The van der Waals surface area contributed by atoms with E-state index in [1.54, 1.807) is 25.3 Å². The number of aromatic nitrogens is 1. The fourth-order valence-corrected chi connectivity index (χ4v) is 3.32. The molecule has 1 aliphatic rings. The highest BCUT2D eigenvalue weighted by Crippen LogP contribution is 2.41. The van der Waals surface area contributed by atoms with E-state index in [1.807, 2.05) is 24.3 Å². The van der Waals surface area contributed by atoms with Gasteiger partial charge in [-0.05, 0) is 54.3 Å². The molecule has 1 saturated carbocycles. The molecule has 1 amide bonds. The molecule has 126 valence electrons. The number of ether oxygens (including phenoxy) is 1. The van der Waals surface area contributed by atoms with Gasteiger partial charge in [-0.25, -0.2) is 0 Å². The lowest BCUT2D eigenvalue weighted by Gasteiger charge is -2.19. The first-order chi connectivity index (χ1) is 11.7. The van der Waals surface area contributed by atoms with Gasteiger partial charge in [-0.1, -0.05) is 12.1 Å². The Bertz CT molecular complexity index is 702. The molecule has 6 heteroatoms. The van der Waals surface area contributed by atoms with Gasteiger partial charge < -0.3 is 15.3 Å². The standard InChI is InChI=1S/C18H20N2O3S/c1-23-15-9-7-14(8-10-15)18(13-5-6-13)19-16(21)12-24-17-4-2-3-11-20(17)22/h2-4,7-11,13,18H,5-6,12H2,1H3,(H,19,21). The summed E-state index contributed by atoms with van der Waals surface area (Å²) in [5.41, 5.74) is 1.09.